The van der Waals surface area contributed by atoms with Crippen LogP contribution < -0.4 is 10.6 Å². The molecule has 0 unspecified atom stereocenters. The Labute approximate surface area is 187 Å². The van der Waals surface area contributed by atoms with Crippen LogP contribution in [0.15, 0.2) is 46.7 Å². The van der Waals surface area contributed by atoms with Crippen LogP contribution in [0.4, 0.5) is 5.69 Å². The van der Waals surface area contributed by atoms with Crippen molar-refractivity contribution in [2.24, 2.45) is 0 Å². The van der Waals surface area contributed by atoms with E-state index in [0.29, 0.717) is 36.6 Å². The summed E-state index contributed by atoms with van der Waals surface area (Å²) in [5, 5.41) is 7.36. The molecule has 3 rings (SSSR count). The third kappa shape index (κ3) is 6.36. The van der Waals surface area contributed by atoms with Gasteiger partial charge in [0.25, 0.3) is 5.91 Å². The zero-order valence-electron chi connectivity index (χ0n) is 17.5. The van der Waals surface area contributed by atoms with E-state index in [-0.39, 0.29) is 23.1 Å². The Bertz CT molecular complexity index is 985. The first-order valence-corrected chi connectivity index (χ1v) is 12.7. The van der Waals surface area contributed by atoms with E-state index < -0.39 is 10.0 Å². The van der Waals surface area contributed by atoms with Crippen LogP contribution >= 0.6 is 11.3 Å². The molecular formula is C21H28N4O4S2. The molecule has 0 aliphatic carbocycles. The highest BCUT2D eigenvalue weighted by atomic mass is 32.2. The number of carbonyl (C=O) groups excluding carboxylic acids is 2. The molecule has 0 saturated carbocycles. The summed E-state index contributed by atoms with van der Waals surface area (Å²) < 4.78 is 27.4. The van der Waals surface area contributed by atoms with E-state index in [1.807, 2.05) is 11.4 Å². The Morgan fingerprint density at radius 2 is 1.87 bits per heavy atom. The van der Waals surface area contributed by atoms with Gasteiger partial charge in [-0.25, -0.2) is 8.42 Å². The van der Waals surface area contributed by atoms with Crippen molar-refractivity contribution in [3.63, 3.8) is 0 Å². The minimum absolute atomic E-state index is 0.145. The second-order valence-electron chi connectivity index (χ2n) is 7.25. The smallest absolute Gasteiger partial charge is 0.261 e. The molecule has 0 bridgehead atoms. The van der Waals surface area contributed by atoms with Gasteiger partial charge in [-0.1, -0.05) is 19.1 Å². The SMILES string of the molecule is CCN1CCN(S(=O)(=O)c2cccc(NC(=O)CCCNC(=O)c3cccs3)c2)CC1. The van der Waals surface area contributed by atoms with E-state index in [1.165, 1.54) is 21.7 Å². The molecule has 8 nitrogen and oxygen atoms in total. The summed E-state index contributed by atoms with van der Waals surface area (Å²) >= 11 is 1.37. The second-order valence-corrected chi connectivity index (χ2v) is 10.1. The van der Waals surface area contributed by atoms with Gasteiger partial charge in [-0.05, 0) is 42.6 Å². The van der Waals surface area contributed by atoms with Crippen molar-refractivity contribution in [2.45, 2.75) is 24.7 Å². The molecule has 1 fully saturated rings. The van der Waals surface area contributed by atoms with Gasteiger partial charge in [0, 0.05) is 44.8 Å². The Morgan fingerprint density at radius 1 is 1.10 bits per heavy atom. The van der Waals surface area contributed by atoms with Crippen LogP contribution in [-0.2, 0) is 14.8 Å². The van der Waals surface area contributed by atoms with Crippen LogP contribution in [0.1, 0.15) is 29.4 Å². The lowest BCUT2D eigenvalue weighted by Crippen LogP contribution is -2.48. The standard InChI is InChI=1S/C21H28N4O4S2/c1-2-24-11-13-25(14-12-24)31(28,29)18-7-3-6-17(16-18)23-20(26)9-4-10-22-21(27)19-8-5-15-30-19/h3,5-8,15-16H,2,4,9-14H2,1H3,(H,22,27)(H,23,26). The predicted octanol–water partition coefficient (Wildman–Crippen LogP) is 2.22. The number of hydrogen-bond acceptors (Lipinski definition) is 6. The molecule has 0 spiro atoms. The van der Waals surface area contributed by atoms with E-state index in [9.17, 15) is 18.0 Å². The van der Waals surface area contributed by atoms with E-state index in [1.54, 1.807) is 24.3 Å². The third-order valence-corrected chi connectivity index (χ3v) is 7.91. The van der Waals surface area contributed by atoms with Gasteiger partial charge in [0.15, 0.2) is 0 Å². The van der Waals surface area contributed by atoms with Crippen molar-refractivity contribution >= 4 is 38.9 Å². The average molecular weight is 465 g/mol. The van der Waals surface area contributed by atoms with Gasteiger partial charge in [0.1, 0.15) is 0 Å². The van der Waals surface area contributed by atoms with Crippen LogP contribution in [0.5, 0.6) is 0 Å². The van der Waals surface area contributed by atoms with Gasteiger partial charge in [0.05, 0.1) is 9.77 Å². The monoisotopic (exact) mass is 464 g/mol. The fourth-order valence-electron chi connectivity index (χ4n) is 3.34. The summed E-state index contributed by atoms with van der Waals surface area (Å²) in [6, 6.07) is 9.91. The first-order chi connectivity index (χ1) is 14.9. The summed E-state index contributed by atoms with van der Waals surface area (Å²) in [6.45, 7) is 5.72. The zero-order valence-corrected chi connectivity index (χ0v) is 19.2. The number of piperazine rings is 1. The summed E-state index contributed by atoms with van der Waals surface area (Å²) in [4.78, 5) is 27.1. The molecule has 168 valence electrons. The largest absolute Gasteiger partial charge is 0.351 e. The molecule has 2 amide bonds. The Kier molecular flexibility index (Phi) is 8.19. The molecule has 0 atom stereocenters. The quantitative estimate of drug-likeness (QED) is 0.555. The van der Waals surface area contributed by atoms with Gasteiger partial charge in [-0.3, -0.25) is 9.59 Å². The predicted molar refractivity (Wildman–Crippen MR) is 122 cm³/mol. The molecule has 1 aliphatic heterocycles. The Morgan fingerprint density at radius 3 is 2.55 bits per heavy atom. The Balaban J connectivity index is 1.49. The molecule has 1 saturated heterocycles. The van der Waals surface area contributed by atoms with E-state index in [2.05, 4.69) is 22.5 Å². The van der Waals surface area contributed by atoms with Crippen LogP contribution in [0.2, 0.25) is 0 Å². The number of hydrogen-bond donors (Lipinski definition) is 2. The normalized spacial score (nSPS) is 15.5. The van der Waals surface area contributed by atoms with Crippen molar-refractivity contribution < 1.29 is 18.0 Å². The molecule has 1 aromatic heterocycles. The van der Waals surface area contributed by atoms with Crippen molar-refractivity contribution in [3.8, 4) is 0 Å². The highest BCUT2D eigenvalue weighted by Gasteiger charge is 2.28. The topological polar surface area (TPSA) is 98.8 Å². The van der Waals surface area contributed by atoms with Crippen molar-refractivity contribution in [3.05, 3.63) is 46.7 Å². The number of thiophene rings is 1. The van der Waals surface area contributed by atoms with E-state index in [4.69, 9.17) is 0 Å². The van der Waals surface area contributed by atoms with Crippen LogP contribution in [0.3, 0.4) is 0 Å². The van der Waals surface area contributed by atoms with Gasteiger partial charge in [-0.2, -0.15) is 4.31 Å². The van der Waals surface area contributed by atoms with Crippen molar-refractivity contribution in [1.29, 1.82) is 0 Å². The van der Waals surface area contributed by atoms with Crippen molar-refractivity contribution in [2.75, 3.05) is 44.6 Å². The lowest BCUT2D eigenvalue weighted by molar-refractivity contribution is -0.116. The van der Waals surface area contributed by atoms with Gasteiger partial charge >= 0.3 is 0 Å². The third-order valence-electron chi connectivity index (χ3n) is 5.15. The molecular weight excluding hydrogens is 436 g/mol. The number of likely N-dealkylation sites (N-methyl/N-ethyl adjacent to an activating group) is 1. The fraction of sp³-hybridized carbons (Fsp3) is 0.429. The molecule has 1 aliphatic rings. The number of nitrogens with zero attached hydrogens (tertiary/aromatic N) is 2. The maximum Gasteiger partial charge on any atom is 0.261 e. The summed E-state index contributed by atoms with van der Waals surface area (Å²) in [7, 11) is -3.60. The minimum Gasteiger partial charge on any atom is -0.351 e. The number of amides is 2. The fourth-order valence-corrected chi connectivity index (χ4v) is 5.45. The molecule has 2 aromatic rings. The molecule has 31 heavy (non-hydrogen) atoms. The summed E-state index contributed by atoms with van der Waals surface area (Å²) in [5.41, 5.74) is 0.445. The first-order valence-electron chi connectivity index (χ1n) is 10.3. The molecule has 2 heterocycles. The number of carbonyl (C=O) groups is 2. The molecule has 10 heteroatoms. The van der Waals surface area contributed by atoms with Gasteiger partial charge in [-0.15, -0.1) is 11.3 Å². The van der Waals surface area contributed by atoms with Crippen LogP contribution in [0.25, 0.3) is 0 Å². The van der Waals surface area contributed by atoms with Crippen LogP contribution in [0, 0.1) is 0 Å². The summed E-state index contributed by atoms with van der Waals surface area (Å²) in [6.07, 6.45) is 0.712. The van der Waals surface area contributed by atoms with Gasteiger partial charge in [0.2, 0.25) is 15.9 Å². The molecule has 1 aromatic carbocycles. The Hall–Kier alpha value is -2.27. The maximum atomic E-state index is 12.9. The van der Waals surface area contributed by atoms with E-state index >= 15 is 0 Å². The lowest BCUT2D eigenvalue weighted by Gasteiger charge is -2.33. The lowest BCUT2D eigenvalue weighted by atomic mass is 10.2. The average Bonchev–Trinajstić information content (AvgIpc) is 3.32. The second kappa shape index (κ2) is 10.9. The van der Waals surface area contributed by atoms with Crippen molar-refractivity contribution in [1.82, 2.24) is 14.5 Å². The number of anilines is 1. The zero-order chi connectivity index (χ0) is 22.3. The minimum atomic E-state index is -3.60. The highest BCUT2D eigenvalue weighted by molar-refractivity contribution is 7.89. The molecule has 0 radical (unpaired) electrons. The summed E-state index contributed by atoms with van der Waals surface area (Å²) in [5.74, 6) is -0.371. The number of nitrogens with one attached hydrogen (secondary N) is 2. The first kappa shape index (κ1) is 23.4. The highest BCUT2D eigenvalue weighted by Crippen LogP contribution is 2.21. The number of sulfonamides is 1. The van der Waals surface area contributed by atoms with E-state index in [0.717, 1.165) is 19.6 Å². The molecule has 2 N–H and O–H groups in total. The van der Waals surface area contributed by atoms with Crippen LogP contribution in [-0.4, -0.2) is 68.7 Å². The number of rotatable bonds is 9. The van der Waals surface area contributed by atoms with Gasteiger partial charge < -0.3 is 15.5 Å². The number of benzene rings is 1. The maximum absolute atomic E-state index is 12.9.